The van der Waals surface area contributed by atoms with Gasteiger partial charge in [-0.25, -0.2) is 13.1 Å². The van der Waals surface area contributed by atoms with Gasteiger partial charge in [0.25, 0.3) is 5.91 Å². The fourth-order valence-electron chi connectivity index (χ4n) is 3.25. The molecule has 3 rings (SSSR count). The Bertz CT molecular complexity index is 1010. The van der Waals surface area contributed by atoms with Crippen LogP contribution in [0.2, 0.25) is 0 Å². The molecule has 8 heteroatoms. The molecule has 0 bridgehead atoms. The van der Waals surface area contributed by atoms with E-state index < -0.39 is 10.0 Å². The van der Waals surface area contributed by atoms with E-state index in [1.54, 1.807) is 35.2 Å². The highest BCUT2D eigenvalue weighted by Gasteiger charge is 2.23. The summed E-state index contributed by atoms with van der Waals surface area (Å²) in [4.78, 5) is 26.6. The molecule has 0 unspecified atom stereocenters. The highest BCUT2D eigenvalue weighted by Crippen LogP contribution is 2.14. The summed E-state index contributed by atoms with van der Waals surface area (Å²) in [6.45, 7) is 1.14. The molecule has 0 aromatic heterocycles. The predicted octanol–water partition coefficient (Wildman–Crippen LogP) is 2.03. The zero-order chi connectivity index (χ0) is 21.6. The molecular formula is C22H25N3O4S. The average Bonchev–Trinajstić information content (AvgIpc) is 2.78. The first kappa shape index (κ1) is 21.7. The predicted molar refractivity (Wildman–Crippen MR) is 115 cm³/mol. The second-order valence-corrected chi connectivity index (χ2v) is 8.94. The molecule has 0 spiro atoms. The van der Waals surface area contributed by atoms with E-state index in [1.165, 1.54) is 25.3 Å². The SMILES string of the molecule is CNS(=O)(=O)c1ccc(/C=C/C(=O)N2CCC(NC(=O)c3ccccc3)CC2)cc1. The fraction of sp³-hybridized carbons (Fsp3) is 0.273. The lowest BCUT2D eigenvalue weighted by Crippen LogP contribution is -2.46. The van der Waals surface area contributed by atoms with Gasteiger partial charge in [-0.15, -0.1) is 0 Å². The lowest BCUT2D eigenvalue weighted by Gasteiger charge is -2.31. The molecule has 1 heterocycles. The monoisotopic (exact) mass is 427 g/mol. The van der Waals surface area contributed by atoms with Crippen molar-refractivity contribution in [1.82, 2.24) is 14.9 Å². The lowest BCUT2D eigenvalue weighted by atomic mass is 10.0. The first-order valence-electron chi connectivity index (χ1n) is 9.75. The molecule has 7 nitrogen and oxygen atoms in total. The van der Waals surface area contributed by atoms with Crippen LogP contribution < -0.4 is 10.0 Å². The van der Waals surface area contributed by atoms with Crippen LogP contribution in [-0.4, -0.2) is 51.3 Å². The van der Waals surface area contributed by atoms with Gasteiger partial charge in [0.05, 0.1) is 4.90 Å². The minimum atomic E-state index is -3.47. The van der Waals surface area contributed by atoms with Gasteiger partial charge >= 0.3 is 0 Å². The molecule has 0 radical (unpaired) electrons. The number of benzene rings is 2. The summed E-state index contributed by atoms with van der Waals surface area (Å²) in [5.41, 5.74) is 1.37. The van der Waals surface area contributed by atoms with Crippen LogP contribution in [0, 0.1) is 0 Å². The van der Waals surface area contributed by atoms with Crippen molar-refractivity contribution in [3.63, 3.8) is 0 Å². The number of piperidine rings is 1. The number of hydrogen-bond donors (Lipinski definition) is 2. The minimum absolute atomic E-state index is 0.0485. The van der Waals surface area contributed by atoms with Crippen molar-refractivity contribution in [3.05, 3.63) is 71.8 Å². The van der Waals surface area contributed by atoms with Crippen LogP contribution in [0.3, 0.4) is 0 Å². The van der Waals surface area contributed by atoms with Crippen LogP contribution >= 0.6 is 0 Å². The van der Waals surface area contributed by atoms with E-state index in [-0.39, 0.29) is 22.8 Å². The summed E-state index contributed by atoms with van der Waals surface area (Å²) in [5.74, 6) is -0.196. The van der Waals surface area contributed by atoms with Gasteiger partial charge in [-0.2, -0.15) is 0 Å². The Labute approximate surface area is 176 Å². The van der Waals surface area contributed by atoms with Crippen LogP contribution in [0.4, 0.5) is 0 Å². The van der Waals surface area contributed by atoms with Crippen LogP contribution in [0.5, 0.6) is 0 Å². The van der Waals surface area contributed by atoms with Crippen molar-refractivity contribution < 1.29 is 18.0 Å². The number of sulfonamides is 1. The maximum Gasteiger partial charge on any atom is 0.251 e. The summed E-state index contributed by atoms with van der Waals surface area (Å²) >= 11 is 0. The van der Waals surface area contributed by atoms with Crippen molar-refractivity contribution in [1.29, 1.82) is 0 Å². The number of rotatable bonds is 6. The Morgan fingerprint density at radius 3 is 2.23 bits per heavy atom. The third-order valence-corrected chi connectivity index (χ3v) is 6.49. The standard InChI is InChI=1S/C22H25N3O4S/c1-23-30(28,29)20-10-7-17(8-11-20)9-12-21(26)25-15-13-19(14-16-25)24-22(27)18-5-3-2-4-6-18/h2-12,19,23H,13-16H2,1H3,(H,24,27)/b12-9+. The van der Waals surface area contributed by atoms with E-state index in [0.29, 0.717) is 31.5 Å². The highest BCUT2D eigenvalue weighted by molar-refractivity contribution is 7.89. The maximum atomic E-state index is 12.4. The van der Waals surface area contributed by atoms with E-state index in [0.717, 1.165) is 5.56 Å². The van der Waals surface area contributed by atoms with Crippen molar-refractivity contribution in [2.45, 2.75) is 23.8 Å². The van der Waals surface area contributed by atoms with Gasteiger partial charge in [-0.05, 0) is 55.8 Å². The van der Waals surface area contributed by atoms with E-state index in [2.05, 4.69) is 10.0 Å². The molecule has 2 aromatic carbocycles. The third kappa shape index (κ3) is 5.55. The van der Waals surface area contributed by atoms with Crippen LogP contribution in [0.15, 0.2) is 65.6 Å². The van der Waals surface area contributed by atoms with Crippen molar-refractivity contribution >= 4 is 27.9 Å². The minimum Gasteiger partial charge on any atom is -0.349 e. The molecule has 1 fully saturated rings. The molecule has 30 heavy (non-hydrogen) atoms. The molecule has 158 valence electrons. The first-order valence-corrected chi connectivity index (χ1v) is 11.2. The number of nitrogens with one attached hydrogen (secondary N) is 2. The Morgan fingerprint density at radius 1 is 1.00 bits per heavy atom. The highest BCUT2D eigenvalue weighted by atomic mass is 32.2. The topological polar surface area (TPSA) is 95.6 Å². The number of hydrogen-bond acceptors (Lipinski definition) is 4. The van der Waals surface area contributed by atoms with Gasteiger partial charge in [-0.3, -0.25) is 9.59 Å². The summed E-state index contributed by atoms with van der Waals surface area (Å²) in [5, 5.41) is 3.03. The van der Waals surface area contributed by atoms with E-state index in [9.17, 15) is 18.0 Å². The van der Waals surface area contributed by atoms with E-state index in [1.807, 2.05) is 18.2 Å². The lowest BCUT2D eigenvalue weighted by molar-refractivity contribution is -0.127. The Kier molecular flexibility index (Phi) is 7.02. The number of likely N-dealkylation sites (tertiary alicyclic amines) is 1. The molecule has 0 aliphatic carbocycles. The van der Waals surface area contributed by atoms with Crippen molar-refractivity contribution in [3.8, 4) is 0 Å². The zero-order valence-corrected chi connectivity index (χ0v) is 17.6. The molecule has 1 aliphatic heterocycles. The number of carbonyl (C=O) groups excluding carboxylic acids is 2. The van der Waals surface area contributed by atoms with Gasteiger partial charge in [0.1, 0.15) is 0 Å². The summed E-state index contributed by atoms with van der Waals surface area (Å²) in [6.07, 6.45) is 4.56. The Balaban J connectivity index is 1.50. The molecule has 0 atom stereocenters. The normalized spacial score (nSPS) is 15.3. The Hall–Kier alpha value is -2.97. The van der Waals surface area contributed by atoms with Gasteiger partial charge in [-0.1, -0.05) is 30.3 Å². The smallest absolute Gasteiger partial charge is 0.251 e. The second kappa shape index (κ2) is 9.69. The number of carbonyl (C=O) groups is 2. The number of nitrogens with zero attached hydrogens (tertiary/aromatic N) is 1. The first-order chi connectivity index (χ1) is 14.4. The Morgan fingerprint density at radius 2 is 1.63 bits per heavy atom. The van der Waals surface area contributed by atoms with Crippen molar-refractivity contribution in [2.75, 3.05) is 20.1 Å². The zero-order valence-electron chi connectivity index (χ0n) is 16.7. The largest absolute Gasteiger partial charge is 0.349 e. The fourth-order valence-corrected chi connectivity index (χ4v) is 3.98. The molecule has 2 aromatic rings. The molecular weight excluding hydrogens is 402 g/mol. The van der Waals surface area contributed by atoms with Crippen LogP contribution in [0.25, 0.3) is 6.08 Å². The second-order valence-electron chi connectivity index (χ2n) is 7.05. The molecule has 0 saturated carbocycles. The van der Waals surface area contributed by atoms with Gasteiger partial charge in [0.15, 0.2) is 0 Å². The van der Waals surface area contributed by atoms with E-state index >= 15 is 0 Å². The van der Waals surface area contributed by atoms with Gasteiger partial charge < -0.3 is 10.2 Å². The van der Waals surface area contributed by atoms with Crippen LogP contribution in [-0.2, 0) is 14.8 Å². The average molecular weight is 428 g/mol. The molecule has 2 N–H and O–H groups in total. The van der Waals surface area contributed by atoms with Gasteiger partial charge in [0, 0.05) is 30.8 Å². The van der Waals surface area contributed by atoms with Crippen LogP contribution in [0.1, 0.15) is 28.8 Å². The van der Waals surface area contributed by atoms with Gasteiger partial charge in [0.2, 0.25) is 15.9 Å². The molecule has 1 saturated heterocycles. The summed E-state index contributed by atoms with van der Waals surface area (Å²) in [6, 6.07) is 15.4. The molecule has 1 aliphatic rings. The number of amides is 2. The van der Waals surface area contributed by atoms with E-state index in [4.69, 9.17) is 0 Å². The molecule has 2 amide bonds. The quantitative estimate of drug-likeness (QED) is 0.690. The third-order valence-electron chi connectivity index (χ3n) is 5.06. The van der Waals surface area contributed by atoms with Crippen molar-refractivity contribution in [2.24, 2.45) is 0 Å². The summed E-state index contributed by atoms with van der Waals surface area (Å²) in [7, 11) is -2.12. The summed E-state index contributed by atoms with van der Waals surface area (Å²) < 4.78 is 25.7. The maximum absolute atomic E-state index is 12.4.